The Morgan fingerprint density at radius 1 is 1.18 bits per heavy atom. The molecule has 3 rings (SSSR count). The first-order chi connectivity index (χ1) is 10.6. The third-order valence-electron chi connectivity index (χ3n) is 3.21. The van der Waals surface area contributed by atoms with Crippen molar-refractivity contribution in [3.8, 4) is 5.95 Å². The first kappa shape index (κ1) is 14.3. The van der Waals surface area contributed by atoms with Gasteiger partial charge in [0.2, 0.25) is 5.95 Å². The molecular formula is C14H12ClN5O2. The molecule has 0 N–H and O–H groups in total. The lowest BCUT2D eigenvalue weighted by molar-refractivity contribution is 0.574. The molecule has 2 heterocycles. The van der Waals surface area contributed by atoms with Crippen molar-refractivity contribution >= 4 is 11.6 Å². The second-order valence-electron chi connectivity index (χ2n) is 4.70. The summed E-state index contributed by atoms with van der Waals surface area (Å²) in [4.78, 5) is 28.1. The molecule has 1 aromatic carbocycles. The molecule has 112 valence electrons. The Morgan fingerprint density at radius 2 is 1.91 bits per heavy atom. The molecule has 0 amide bonds. The molecule has 0 aliphatic rings. The minimum atomic E-state index is -0.622. The number of rotatable bonds is 3. The minimum Gasteiger partial charge on any atom is -0.257 e. The van der Waals surface area contributed by atoms with Crippen LogP contribution in [0.5, 0.6) is 0 Å². The van der Waals surface area contributed by atoms with Crippen molar-refractivity contribution in [1.82, 2.24) is 23.9 Å². The highest BCUT2D eigenvalue weighted by Gasteiger charge is 2.13. The van der Waals surface area contributed by atoms with E-state index in [1.807, 2.05) is 12.1 Å². The molecule has 0 unspecified atom stereocenters. The summed E-state index contributed by atoms with van der Waals surface area (Å²) in [5.41, 5.74) is -0.219. The van der Waals surface area contributed by atoms with Gasteiger partial charge in [0.15, 0.2) is 0 Å². The molecule has 3 aromatic rings. The SMILES string of the molecule is Cn1c(=O)nc(-n2cccn2)n(Cc2ccc(Cl)cc2)c1=O. The summed E-state index contributed by atoms with van der Waals surface area (Å²) >= 11 is 5.86. The Hall–Kier alpha value is -2.67. The molecular weight excluding hydrogens is 306 g/mol. The Labute approximate surface area is 130 Å². The van der Waals surface area contributed by atoms with Gasteiger partial charge in [0, 0.05) is 24.5 Å². The number of aromatic nitrogens is 5. The zero-order chi connectivity index (χ0) is 15.7. The Kier molecular flexibility index (Phi) is 3.64. The van der Waals surface area contributed by atoms with Gasteiger partial charge in [0.1, 0.15) is 0 Å². The second kappa shape index (κ2) is 5.61. The van der Waals surface area contributed by atoms with E-state index in [0.29, 0.717) is 5.02 Å². The molecule has 0 aliphatic heterocycles. The summed E-state index contributed by atoms with van der Waals surface area (Å²) in [5.74, 6) is 0.174. The molecule has 0 fully saturated rings. The van der Waals surface area contributed by atoms with E-state index in [-0.39, 0.29) is 12.5 Å². The zero-order valence-electron chi connectivity index (χ0n) is 11.7. The minimum absolute atomic E-state index is 0.174. The van der Waals surface area contributed by atoms with Crippen LogP contribution in [0, 0.1) is 0 Å². The molecule has 2 aromatic heterocycles. The standard InChI is InChI=1S/C14H12ClN5O2/c1-18-13(21)17-12(20-8-2-7-16-20)19(14(18)22)9-10-3-5-11(15)6-4-10/h2-8H,9H2,1H3. The number of hydrogen-bond acceptors (Lipinski definition) is 4. The van der Waals surface area contributed by atoms with Gasteiger partial charge in [-0.05, 0) is 23.8 Å². The molecule has 8 heteroatoms. The van der Waals surface area contributed by atoms with Crippen LogP contribution < -0.4 is 11.4 Å². The van der Waals surface area contributed by atoms with Crippen LogP contribution in [0.25, 0.3) is 5.95 Å². The number of nitrogens with zero attached hydrogens (tertiary/aromatic N) is 5. The van der Waals surface area contributed by atoms with Crippen LogP contribution in [0.2, 0.25) is 5.02 Å². The van der Waals surface area contributed by atoms with Gasteiger partial charge in [-0.25, -0.2) is 18.8 Å². The van der Waals surface area contributed by atoms with Gasteiger partial charge >= 0.3 is 11.4 Å². The average Bonchev–Trinajstić information content (AvgIpc) is 3.04. The highest BCUT2D eigenvalue weighted by molar-refractivity contribution is 6.30. The Bertz CT molecular complexity index is 910. The molecule has 0 saturated carbocycles. The average molecular weight is 318 g/mol. The van der Waals surface area contributed by atoms with Crippen LogP contribution in [0.15, 0.2) is 52.3 Å². The van der Waals surface area contributed by atoms with E-state index in [0.717, 1.165) is 10.1 Å². The fourth-order valence-corrected chi connectivity index (χ4v) is 2.17. The third-order valence-corrected chi connectivity index (χ3v) is 3.46. The zero-order valence-corrected chi connectivity index (χ0v) is 12.4. The molecule has 0 saturated heterocycles. The van der Waals surface area contributed by atoms with Gasteiger partial charge in [-0.15, -0.1) is 0 Å². The number of hydrogen-bond donors (Lipinski definition) is 0. The number of halogens is 1. The highest BCUT2D eigenvalue weighted by atomic mass is 35.5. The Balaban J connectivity index is 2.17. The second-order valence-corrected chi connectivity index (χ2v) is 5.14. The molecule has 22 heavy (non-hydrogen) atoms. The van der Waals surface area contributed by atoms with Crippen molar-refractivity contribution in [2.75, 3.05) is 0 Å². The van der Waals surface area contributed by atoms with Crippen LogP contribution >= 0.6 is 11.6 Å². The molecule has 7 nitrogen and oxygen atoms in total. The number of benzene rings is 1. The lowest BCUT2D eigenvalue weighted by Crippen LogP contribution is -2.42. The van der Waals surface area contributed by atoms with E-state index < -0.39 is 11.4 Å². The predicted octanol–water partition coefficient (Wildman–Crippen LogP) is 0.829. The van der Waals surface area contributed by atoms with Gasteiger partial charge in [0.25, 0.3) is 0 Å². The highest BCUT2D eigenvalue weighted by Crippen LogP contribution is 2.11. The van der Waals surface area contributed by atoms with E-state index in [2.05, 4.69) is 10.1 Å². The molecule has 0 aliphatic carbocycles. The first-order valence-electron chi connectivity index (χ1n) is 6.48. The summed E-state index contributed by atoms with van der Waals surface area (Å²) in [5, 5.41) is 4.65. The van der Waals surface area contributed by atoms with Crippen LogP contribution in [0.4, 0.5) is 0 Å². The normalized spacial score (nSPS) is 10.8. The largest absolute Gasteiger partial charge is 0.354 e. The van der Waals surface area contributed by atoms with E-state index in [4.69, 9.17) is 11.6 Å². The van der Waals surface area contributed by atoms with E-state index >= 15 is 0 Å². The predicted molar refractivity (Wildman–Crippen MR) is 81.4 cm³/mol. The first-order valence-corrected chi connectivity index (χ1v) is 6.86. The van der Waals surface area contributed by atoms with E-state index in [9.17, 15) is 9.59 Å². The fourth-order valence-electron chi connectivity index (χ4n) is 2.04. The van der Waals surface area contributed by atoms with Gasteiger partial charge in [-0.3, -0.25) is 4.57 Å². The van der Waals surface area contributed by atoms with Crippen molar-refractivity contribution in [2.45, 2.75) is 6.54 Å². The lowest BCUT2D eigenvalue weighted by Gasteiger charge is -2.12. The van der Waals surface area contributed by atoms with E-state index in [1.165, 1.54) is 16.3 Å². The molecule has 0 bridgehead atoms. The fraction of sp³-hybridized carbons (Fsp3) is 0.143. The van der Waals surface area contributed by atoms with E-state index in [1.54, 1.807) is 30.6 Å². The van der Waals surface area contributed by atoms with Crippen LogP contribution in [0.1, 0.15) is 5.56 Å². The van der Waals surface area contributed by atoms with Gasteiger partial charge < -0.3 is 0 Å². The van der Waals surface area contributed by atoms with Gasteiger partial charge in [0.05, 0.1) is 6.54 Å². The van der Waals surface area contributed by atoms with Crippen molar-refractivity contribution in [3.63, 3.8) is 0 Å². The van der Waals surface area contributed by atoms with Crippen LogP contribution in [-0.2, 0) is 13.6 Å². The van der Waals surface area contributed by atoms with Crippen molar-refractivity contribution in [3.05, 3.63) is 74.3 Å². The van der Waals surface area contributed by atoms with Crippen LogP contribution in [-0.4, -0.2) is 23.9 Å². The summed E-state index contributed by atoms with van der Waals surface area (Å²) < 4.78 is 3.74. The molecule has 0 atom stereocenters. The lowest BCUT2D eigenvalue weighted by atomic mass is 10.2. The molecule has 0 spiro atoms. The van der Waals surface area contributed by atoms with Gasteiger partial charge in [-0.2, -0.15) is 10.1 Å². The summed E-state index contributed by atoms with van der Waals surface area (Å²) in [7, 11) is 1.39. The quantitative estimate of drug-likeness (QED) is 0.717. The third kappa shape index (κ3) is 2.58. The summed E-state index contributed by atoms with van der Waals surface area (Å²) in [6, 6.07) is 8.80. The van der Waals surface area contributed by atoms with Crippen molar-refractivity contribution in [1.29, 1.82) is 0 Å². The summed E-state index contributed by atoms with van der Waals surface area (Å²) in [6.07, 6.45) is 3.18. The van der Waals surface area contributed by atoms with Gasteiger partial charge in [-0.1, -0.05) is 23.7 Å². The van der Waals surface area contributed by atoms with Crippen LogP contribution in [0.3, 0.4) is 0 Å². The maximum Gasteiger partial charge on any atom is 0.354 e. The monoisotopic (exact) mass is 317 g/mol. The summed E-state index contributed by atoms with van der Waals surface area (Å²) in [6.45, 7) is 0.256. The molecule has 0 radical (unpaired) electrons. The van der Waals surface area contributed by atoms with Crippen molar-refractivity contribution in [2.24, 2.45) is 7.05 Å². The maximum absolute atomic E-state index is 12.4. The maximum atomic E-state index is 12.4. The Morgan fingerprint density at radius 3 is 2.55 bits per heavy atom. The topological polar surface area (TPSA) is 74.7 Å². The smallest absolute Gasteiger partial charge is 0.257 e. The van der Waals surface area contributed by atoms with Crippen molar-refractivity contribution < 1.29 is 0 Å².